The van der Waals surface area contributed by atoms with E-state index in [-0.39, 0.29) is 5.92 Å². The maximum absolute atomic E-state index is 11.5. The van der Waals surface area contributed by atoms with Crippen molar-refractivity contribution in [2.45, 2.75) is 53.2 Å². The minimum Gasteiger partial charge on any atom is -0.480 e. The maximum Gasteiger partial charge on any atom is 0.408 e. The summed E-state index contributed by atoms with van der Waals surface area (Å²) in [6.07, 6.45) is 1.08. The van der Waals surface area contributed by atoms with Crippen molar-refractivity contribution < 1.29 is 19.4 Å². The van der Waals surface area contributed by atoms with Crippen LogP contribution in [-0.4, -0.2) is 28.8 Å². The summed E-state index contributed by atoms with van der Waals surface area (Å²) < 4.78 is 5.04. The molecule has 0 bridgehead atoms. The summed E-state index contributed by atoms with van der Waals surface area (Å²) in [5.74, 6) is -1.38. The van der Waals surface area contributed by atoms with Gasteiger partial charge in [0.1, 0.15) is 11.6 Å². The molecule has 0 aromatic heterocycles. The molecule has 5 heteroatoms. The molecule has 0 saturated carbocycles. The predicted molar refractivity (Wildman–Crippen MR) is 69.4 cm³/mol. The van der Waals surface area contributed by atoms with E-state index in [4.69, 9.17) is 9.84 Å². The molecular formula is C13H23NO4. The lowest BCUT2D eigenvalue weighted by Gasteiger charge is -2.23. The molecule has 0 unspecified atom stereocenters. The maximum atomic E-state index is 11.5. The fraction of sp³-hybridized carbons (Fsp3) is 0.692. The minimum atomic E-state index is -1.08. The van der Waals surface area contributed by atoms with Crippen LogP contribution in [0, 0.1) is 5.92 Å². The summed E-state index contributed by atoms with van der Waals surface area (Å²) in [6.45, 7) is 10.7. The molecule has 0 fully saturated rings. The molecule has 104 valence electrons. The van der Waals surface area contributed by atoms with E-state index in [0.717, 1.165) is 5.57 Å². The van der Waals surface area contributed by atoms with Crippen molar-refractivity contribution in [3.05, 3.63) is 11.6 Å². The molecule has 0 aliphatic carbocycles. The third-order valence-corrected chi connectivity index (χ3v) is 2.06. The Balaban J connectivity index is 4.70. The molecule has 1 amide bonds. The summed E-state index contributed by atoms with van der Waals surface area (Å²) in [6, 6.07) is -0.991. The van der Waals surface area contributed by atoms with Crippen LogP contribution in [0.5, 0.6) is 0 Å². The second-order valence-corrected chi connectivity index (χ2v) is 5.57. The van der Waals surface area contributed by atoms with Crippen LogP contribution in [0.1, 0.15) is 41.5 Å². The summed E-state index contributed by atoms with van der Waals surface area (Å²) in [5, 5.41) is 11.5. The van der Waals surface area contributed by atoms with Crippen LogP contribution < -0.4 is 5.32 Å². The average Bonchev–Trinajstić information content (AvgIpc) is 2.09. The molecule has 0 aliphatic heterocycles. The molecule has 5 nitrogen and oxygen atoms in total. The zero-order valence-electron chi connectivity index (χ0n) is 11.9. The molecule has 0 aromatic carbocycles. The van der Waals surface area contributed by atoms with Crippen molar-refractivity contribution in [2.24, 2.45) is 5.92 Å². The van der Waals surface area contributed by atoms with E-state index in [0.29, 0.717) is 0 Å². The number of rotatable bonds is 4. The van der Waals surface area contributed by atoms with Crippen molar-refractivity contribution in [2.75, 3.05) is 0 Å². The zero-order valence-corrected chi connectivity index (χ0v) is 11.9. The van der Waals surface area contributed by atoms with E-state index in [1.54, 1.807) is 33.8 Å². The number of carbonyl (C=O) groups excluding carboxylic acids is 1. The number of ether oxygens (including phenoxy) is 1. The lowest BCUT2D eigenvalue weighted by atomic mass is 10.00. The Hall–Kier alpha value is -1.52. The van der Waals surface area contributed by atoms with Crippen molar-refractivity contribution in [3.63, 3.8) is 0 Å². The number of nitrogens with one attached hydrogen (secondary N) is 1. The van der Waals surface area contributed by atoms with Gasteiger partial charge in [0.25, 0.3) is 0 Å². The number of carbonyl (C=O) groups is 2. The van der Waals surface area contributed by atoms with Gasteiger partial charge in [-0.05, 0) is 34.6 Å². The lowest BCUT2D eigenvalue weighted by Crippen LogP contribution is -2.46. The Morgan fingerprint density at radius 2 is 1.78 bits per heavy atom. The molecule has 2 N–H and O–H groups in total. The second-order valence-electron chi connectivity index (χ2n) is 5.57. The van der Waals surface area contributed by atoms with E-state index in [9.17, 15) is 9.59 Å². The van der Waals surface area contributed by atoms with E-state index >= 15 is 0 Å². The van der Waals surface area contributed by atoms with Gasteiger partial charge in [0.05, 0.1) is 0 Å². The van der Waals surface area contributed by atoms with Crippen LogP contribution in [-0.2, 0) is 9.53 Å². The molecule has 0 spiro atoms. The van der Waals surface area contributed by atoms with Crippen LogP contribution in [0.2, 0.25) is 0 Å². The standard InChI is InChI=1S/C13H23NO4/c1-8(2)7-9(3)10(11(15)16)14-12(17)18-13(4,5)6/h7,9-10H,1-6H3,(H,14,17)(H,15,16)/t9-,10+/m1/s1. The van der Waals surface area contributed by atoms with Gasteiger partial charge >= 0.3 is 12.1 Å². The highest BCUT2D eigenvalue weighted by molar-refractivity contribution is 5.80. The summed E-state index contributed by atoms with van der Waals surface area (Å²) in [5.41, 5.74) is 0.354. The van der Waals surface area contributed by atoms with Gasteiger partial charge in [0.15, 0.2) is 0 Å². The van der Waals surface area contributed by atoms with Crippen LogP contribution in [0.4, 0.5) is 4.79 Å². The quantitative estimate of drug-likeness (QED) is 0.759. The number of carboxylic acid groups (broad SMARTS) is 1. The Morgan fingerprint density at radius 1 is 1.28 bits per heavy atom. The highest BCUT2D eigenvalue weighted by atomic mass is 16.6. The van der Waals surface area contributed by atoms with Crippen LogP contribution in [0.25, 0.3) is 0 Å². The fourth-order valence-corrected chi connectivity index (χ4v) is 1.47. The first-order valence-corrected chi connectivity index (χ1v) is 5.90. The molecular weight excluding hydrogens is 234 g/mol. The largest absolute Gasteiger partial charge is 0.480 e. The predicted octanol–water partition coefficient (Wildman–Crippen LogP) is 2.57. The molecule has 0 aromatic rings. The smallest absolute Gasteiger partial charge is 0.408 e. The summed E-state index contributed by atoms with van der Waals surface area (Å²) in [7, 11) is 0. The summed E-state index contributed by atoms with van der Waals surface area (Å²) in [4.78, 5) is 22.7. The average molecular weight is 257 g/mol. The number of alkyl carbamates (subject to hydrolysis) is 1. The van der Waals surface area contributed by atoms with Crippen LogP contribution >= 0.6 is 0 Å². The van der Waals surface area contributed by atoms with E-state index < -0.39 is 23.7 Å². The van der Waals surface area contributed by atoms with Crippen molar-refractivity contribution in [1.82, 2.24) is 5.32 Å². The number of amides is 1. The highest BCUT2D eigenvalue weighted by Crippen LogP contribution is 2.11. The van der Waals surface area contributed by atoms with Gasteiger partial charge in [-0.3, -0.25) is 0 Å². The number of hydrogen-bond donors (Lipinski definition) is 2. The van der Waals surface area contributed by atoms with Gasteiger partial charge in [-0.1, -0.05) is 18.6 Å². The fourth-order valence-electron chi connectivity index (χ4n) is 1.47. The summed E-state index contributed by atoms with van der Waals surface area (Å²) >= 11 is 0. The highest BCUT2D eigenvalue weighted by Gasteiger charge is 2.27. The Morgan fingerprint density at radius 3 is 2.11 bits per heavy atom. The van der Waals surface area contributed by atoms with Gasteiger partial charge in [-0.15, -0.1) is 0 Å². The SMILES string of the molecule is CC(C)=C[C@@H](C)[C@H](NC(=O)OC(C)(C)C)C(=O)O. The molecule has 0 aliphatic rings. The van der Waals surface area contributed by atoms with Gasteiger partial charge in [0.2, 0.25) is 0 Å². The van der Waals surface area contributed by atoms with E-state index in [1.807, 2.05) is 13.8 Å². The van der Waals surface area contributed by atoms with Gasteiger partial charge in [-0.25, -0.2) is 9.59 Å². The van der Waals surface area contributed by atoms with Crippen LogP contribution in [0.3, 0.4) is 0 Å². The first kappa shape index (κ1) is 16.5. The van der Waals surface area contributed by atoms with Crippen LogP contribution in [0.15, 0.2) is 11.6 Å². The normalized spacial score (nSPS) is 14.3. The second kappa shape index (κ2) is 6.42. The molecule has 2 atom stereocenters. The first-order valence-electron chi connectivity index (χ1n) is 5.90. The number of aliphatic carboxylic acids is 1. The van der Waals surface area contributed by atoms with Gasteiger partial charge in [0, 0.05) is 5.92 Å². The van der Waals surface area contributed by atoms with Gasteiger partial charge in [-0.2, -0.15) is 0 Å². The lowest BCUT2D eigenvalue weighted by molar-refractivity contribution is -0.140. The monoisotopic (exact) mass is 257 g/mol. The Labute approximate surface area is 108 Å². The van der Waals surface area contributed by atoms with Crippen molar-refractivity contribution in [1.29, 1.82) is 0 Å². The number of carboxylic acids is 1. The molecule has 0 saturated heterocycles. The Kier molecular flexibility index (Phi) is 5.88. The van der Waals surface area contributed by atoms with E-state index in [1.165, 1.54) is 0 Å². The topological polar surface area (TPSA) is 75.6 Å². The zero-order chi connectivity index (χ0) is 14.5. The first-order chi connectivity index (χ1) is 8.03. The van der Waals surface area contributed by atoms with Crippen molar-refractivity contribution >= 4 is 12.1 Å². The Bertz CT molecular complexity index is 337. The minimum absolute atomic E-state index is 0.306. The molecule has 0 heterocycles. The number of allylic oxidation sites excluding steroid dienone is 1. The third kappa shape index (κ3) is 6.93. The van der Waals surface area contributed by atoms with Gasteiger partial charge < -0.3 is 15.2 Å². The molecule has 0 rings (SSSR count). The third-order valence-electron chi connectivity index (χ3n) is 2.06. The molecule has 0 radical (unpaired) electrons. The van der Waals surface area contributed by atoms with Crippen molar-refractivity contribution in [3.8, 4) is 0 Å². The van der Waals surface area contributed by atoms with E-state index in [2.05, 4.69) is 5.32 Å². The molecule has 18 heavy (non-hydrogen) atoms. The number of hydrogen-bond acceptors (Lipinski definition) is 3.